The predicted octanol–water partition coefficient (Wildman–Crippen LogP) is 3.19. The molecule has 0 fully saturated rings. The molecule has 5 heteroatoms. The molecule has 0 aliphatic carbocycles. The summed E-state index contributed by atoms with van der Waals surface area (Å²) in [5.74, 6) is 0. The molecule has 2 N–H and O–H groups in total. The van der Waals surface area contributed by atoms with Crippen LogP contribution in [0.15, 0.2) is 36.5 Å². The molecular formula is C12H10F3NO. The van der Waals surface area contributed by atoms with Crippen LogP contribution in [0.2, 0.25) is 0 Å². The van der Waals surface area contributed by atoms with Crippen molar-refractivity contribution in [2.45, 2.75) is 12.8 Å². The Kier molecular flexibility index (Phi) is 2.93. The van der Waals surface area contributed by atoms with Crippen LogP contribution in [0, 0.1) is 0 Å². The van der Waals surface area contributed by atoms with Gasteiger partial charge in [0.05, 0.1) is 12.2 Å². The first-order valence-corrected chi connectivity index (χ1v) is 4.97. The zero-order chi connectivity index (χ0) is 12.5. The molecule has 17 heavy (non-hydrogen) atoms. The van der Waals surface area contributed by atoms with E-state index in [1.165, 1.54) is 24.4 Å². The Morgan fingerprint density at radius 2 is 1.88 bits per heavy atom. The van der Waals surface area contributed by atoms with E-state index in [1.54, 1.807) is 6.07 Å². The van der Waals surface area contributed by atoms with Crippen molar-refractivity contribution in [1.29, 1.82) is 0 Å². The zero-order valence-electron chi connectivity index (χ0n) is 8.75. The van der Waals surface area contributed by atoms with Crippen LogP contribution >= 0.6 is 0 Å². The van der Waals surface area contributed by atoms with Gasteiger partial charge in [0.1, 0.15) is 0 Å². The van der Waals surface area contributed by atoms with E-state index in [-0.39, 0.29) is 12.2 Å². The molecule has 2 nitrogen and oxygen atoms in total. The first-order chi connectivity index (χ1) is 8.02. The lowest BCUT2D eigenvalue weighted by Crippen LogP contribution is -2.06. The molecule has 0 amide bonds. The smallest absolute Gasteiger partial charge is 0.392 e. The number of aromatic nitrogens is 1. The lowest BCUT2D eigenvalue weighted by atomic mass is 10.0. The van der Waals surface area contributed by atoms with Crippen LogP contribution in [0.1, 0.15) is 11.1 Å². The summed E-state index contributed by atoms with van der Waals surface area (Å²) in [6.07, 6.45) is -2.90. The molecular weight excluding hydrogens is 231 g/mol. The second-order valence-electron chi connectivity index (χ2n) is 3.62. The number of nitrogens with one attached hydrogen (secondary N) is 1. The molecule has 0 saturated heterocycles. The van der Waals surface area contributed by atoms with E-state index in [0.29, 0.717) is 11.3 Å². The molecule has 1 aromatic carbocycles. The molecule has 0 atom stereocenters. The molecule has 0 aliphatic heterocycles. The van der Waals surface area contributed by atoms with Gasteiger partial charge in [0, 0.05) is 17.5 Å². The number of aliphatic hydroxyl groups is 1. The zero-order valence-corrected chi connectivity index (χ0v) is 8.75. The predicted molar refractivity (Wildman–Crippen MR) is 57.2 cm³/mol. The minimum absolute atomic E-state index is 0.0831. The van der Waals surface area contributed by atoms with Crippen LogP contribution < -0.4 is 0 Å². The molecule has 0 spiro atoms. The molecule has 0 bridgehead atoms. The summed E-state index contributed by atoms with van der Waals surface area (Å²) in [7, 11) is 0. The number of alkyl halides is 3. The maximum Gasteiger partial charge on any atom is 0.417 e. The average Bonchev–Trinajstić information content (AvgIpc) is 2.76. The normalized spacial score (nSPS) is 11.8. The third kappa shape index (κ3) is 2.34. The van der Waals surface area contributed by atoms with Crippen molar-refractivity contribution < 1.29 is 18.3 Å². The van der Waals surface area contributed by atoms with Gasteiger partial charge in [0.2, 0.25) is 0 Å². The van der Waals surface area contributed by atoms with E-state index in [0.717, 1.165) is 6.07 Å². The molecule has 0 aliphatic rings. The number of rotatable bonds is 2. The van der Waals surface area contributed by atoms with Crippen LogP contribution in [0.4, 0.5) is 13.2 Å². The van der Waals surface area contributed by atoms with Crippen LogP contribution in [0.25, 0.3) is 11.3 Å². The third-order valence-electron chi connectivity index (χ3n) is 2.45. The molecule has 2 rings (SSSR count). The van der Waals surface area contributed by atoms with Gasteiger partial charge >= 0.3 is 6.18 Å². The summed E-state index contributed by atoms with van der Waals surface area (Å²) in [6.45, 7) is -0.204. The van der Waals surface area contributed by atoms with Crippen molar-refractivity contribution in [3.05, 3.63) is 47.7 Å². The number of aromatic amines is 1. The average molecular weight is 241 g/mol. The van der Waals surface area contributed by atoms with Crippen molar-refractivity contribution in [2.75, 3.05) is 0 Å². The standard InChI is InChI=1S/C12H10F3NO/c13-12(14,15)10-4-2-1-3-9(10)11-5-8(7-17)6-16-11/h1-6,16-17H,7H2. The van der Waals surface area contributed by atoms with Gasteiger partial charge in [0.15, 0.2) is 0 Å². The number of H-pyrrole nitrogens is 1. The fourth-order valence-corrected chi connectivity index (χ4v) is 1.65. The largest absolute Gasteiger partial charge is 0.417 e. The first-order valence-electron chi connectivity index (χ1n) is 4.97. The summed E-state index contributed by atoms with van der Waals surface area (Å²) in [6, 6.07) is 6.83. The van der Waals surface area contributed by atoms with Gasteiger partial charge in [0.25, 0.3) is 0 Å². The summed E-state index contributed by atoms with van der Waals surface area (Å²) in [4.78, 5) is 2.73. The summed E-state index contributed by atoms with van der Waals surface area (Å²) >= 11 is 0. The Bertz CT molecular complexity index is 516. The highest BCUT2D eigenvalue weighted by Gasteiger charge is 2.33. The van der Waals surface area contributed by atoms with Crippen LogP contribution in [0.3, 0.4) is 0 Å². The second-order valence-corrected chi connectivity index (χ2v) is 3.62. The quantitative estimate of drug-likeness (QED) is 0.832. The lowest BCUT2D eigenvalue weighted by molar-refractivity contribution is -0.137. The van der Waals surface area contributed by atoms with E-state index in [4.69, 9.17) is 5.11 Å². The van der Waals surface area contributed by atoms with E-state index in [1.807, 2.05) is 0 Å². The second kappa shape index (κ2) is 4.25. The van der Waals surface area contributed by atoms with Crippen molar-refractivity contribution in [1.82, 2.24) is 4.98 Å². The highest BCUT2D eigenvalue weighted by molar-refractivity contribution is 5.65. The van der Waals surface area contributed by atoms with Gasteiger partial charge in [-0.2, -0.15) is 13.2 Å². The number of hydrogen-bond donors (Lipinski definition) is 2. The van der Waals surface area contributed by atoms with E-state index >= 15 is 0 Å². The first kappa shape index (κ1) is 11.7. The molecule has 0 unspecified atom stereocenters. The van der Waals surface area contributed by atoms with E-state index < -0.39 is 11.7 Å². The van der Waals surface area contributed by atoms with Crippen LogP contribution in [0.5, 0.6) is 0 Å². The Hall–Kier alpha value is -1.75. The van der Waals surface area contributed by atoms with Crippen molar-refractivity contribution in [3.63, 3.8) is 0 Å². The number of benzene rings is 1. The number of halogens is 3. The van der Waals surface area contributed by atoms with Gasteiger partial charge in [-0.3, -0.25) is 0 Å². The van der Waals surface area contributed by atoms with Crippen molar-refractivity contribution >= 4 is 0 Å². The molecule has 1 heterocycles. The number of hydrogen-bond acceptors (Lipinski definition) is 1. The summed E-state index contributed by atoms with van der Waals surface area (Å²) in [5, 5.41) is 8.88. The Balaban J connectivity index is 2.52. The maximum absolute atomic E-state index is 12.8. The Morgan fingerprint density at radius 1 is 1.18 bits per heavy atom. The highest BCUT2D eigenvalue weighted by Crippen LogP contribution is 2.36. The Labute approximate surface area is 95.7 Å². The third-order valence-corrected chi connectivity index (χ3v) is 2.45. The maximum atomic E-state index is 12.8. The van der Waals surface area contributed by atoms with Gasteiger partial charge in [-0.1, -0.05) is 18.2 Å². The van der Waals surface area contributed by atoms with E-state index in [9.17, 15) is 13.2 Å². The number of aliphatic hydroxyl groups excluding tert-OH is 1. The molecule has 1 aromatic heterocycles. The highest BCUT2D eigenvalue weighted by atomic mass is 19.4. The molecule has 2 aromatic rings. The van der Waals surface area contributed by atoms with Crippen LogP contribution in [-0.2, 0) is 12.8 Å². The van der Waals surface area contributed by atoms with Gasteiger partial charge in [-0.25, -0.2) is 0 Å². The molecule has 0 radical (unpaired) electrons. The van der Waals surface area contributed by atoms with Crippen molar-refractivity contribution in [2.24, 2.45) is 0 Å². The fourth-order valence-electron chi connectivity index (χ4n) is 1.65. The topological polar surface area (TPSA) is 36.0 Å². The van der Waals surface area contributed by atoms with Crippen LogP contribution in [-0.4, -0.2) is 10.1 Å². The Morgan fingerprint density at radius 3 is 2.47 bits per heavy atom. The lowest BCUT2D eigenvalue weighted by Gasteiger charge is -2.11. The minimum atomic E-state index is -4.39. The van der Waals surface area contributed by atoms with Gasteiger partial charge in [-0.15, -0.1) is 0 Å². The minimum Gasteiger partial charge on any atom is -0.392 e. The fraction of sp³-hybridized carbons (Fsp3) is 0.167. The van der Waals surface area contributed by atoms with Gasteiger partial charge in [-0.05, 0) is 17.7 Å². The summed E-state index contributed by atoms with van der Waals surface area (Å²) in [5.41, 5.74) is 0.296. The monoisotopic (exact) mass is 241 g/mol. The molecule has 90 valence electrons. The molecule has 0 saturated carbocycles. The summed E-state index contributed by atoms with van der Waals surface area (Å²) < 4.78 is 38.3. The van der Waals surface area contributed by atoms with Crippen molar-refractivity contribution in [3.8, 4) is 11.3 Å². The van der Waals surface area contributed by atoms with E-state index in [2.05, 4.69) is 4.98 Å². The van der Waals surface area contributed by atoms with Gasteiger partial charge < -0.3 is 10.1 Å². The SMILES string of the molecule is OCc1c[nH]c(-c2ccccc2C(F)(F)F)c1.